The van der Waals surface area contributed by atoms with E-state index in [-0.39, 0.29) is 11.9 Å². The molecule has 6 nitrogen and oxygen atoms in total. The average Bonchev–Trinajstić information content (AvgIpc) is 2.48. The van der Waals surface area contributed by atoms with E-state index in [2.05, 4.69) is 10.9 Å². The number of carbonyl (C=O) groups is 2. The van der Waals surface area contributed by atoms with Gasteiger partial charge in [-0.15, -0.1) is 0 Å². The van der Waals surface area contributed by atoms with Gasteiger partial charge in [-0.05, 0) is 27.2 Å². The summed E-state index contributed by atoms with van der Waals surface area (Å²) in [6.45, 7) is 6.15. The van der Waals surface area contributed by atoms with Gasteiger partial charge in [0.2, 0.25) is 0 Å². The highest BCUT2D eigenvalue weighted by Gasteiger charge is 2.26. The van der Waals surface area contributed by atoms with Crippen LogP contribution in [0.4, 0.5) is 4.79 Å². The van der Waals surface area contributed by atoms with E-state index in [0.717, 1.165) is 0 Å². The quantitative estimate of drug-likeness (QED) is 0.548. The van der Waals surface area contributed by atoms with Gasteiger partial charge >= 0.3 is 12.1 Å². The van der Waals surface area contributed by atoms with Crippen molar-refractivity contribution in [3.63, 3.8) is 0 Å². The zero-order valence-electron chi connectivity index (χ0n) is 9.83. The highest BCUT2D eigenvalue weighted by molar-refractivity contribution is 5.74. The first-order valence-electron chi connectivity index (χ1n) is 5.27. The van der Waals surface area contributed by atoms with Gasteiger partial charge in [0, 0.05) is 6.54 Å². The summed E-state index contributed by atoms with van der Waals surface area (Å²) in [7, 11) is 0. The molecule has 1 heterocycles. The van der Waals surface area contributed by atoms with Crippen molar-refractivity contribution in [2.45, 2.75) is 32.8 Å². The lowest BCUT2D eigenvalue weighted by atomic mass is 10.1. The molecule has 0 bridgehead atoms. The van der Waals surface area contributed by atoms with Crippen LogP contribution in [0.2, 0.25) is 0 Å². The second-order valence-electron chi connectivity index (χ2n) is 4.66. The highest BCUT2D eigenvalue weighted by Crippen LogP contribution is 2.12. The van der Waals surface area contributed by atoms with Crippen LogP contribution in [0.15, 0.2) is 0 Å². The fourth-order valence-corrected chi connectivity index (χ4v) is 1.27. The molecular weight excluding hydrogens is 212 g/mol. The van der Waals surface area contributed by atoms with Gasteiger partial charge in [0.25, 0.3) is 0 Å². The molecule has 0 radical (unpaired) electrons. The number of carbonyl (C=O) groups excluding carboxylic acids is 2. The lowest BCUT2D eigenvalue weighted by molar-refractivity contribution is -0.141. The third-order valence-corrected chi connectivity index (χ3v) is 1.98. The fraction of sp³-hybridized carbons (Fsp3) is 0.800. The highest BCUT2D eigenvalue weighted by atomic mass is 16.6. The van der Waals surface area contributed by atoms with Crippen molar-refractivity contribution in [1.82, 2.24) is 10.9 Å². The molecule has 1 amide bonds. The summed E-state index contributed by atoms with van der Waals surface area (Å²) in [5, 5.41) is 0. The molecule has 0 aromatic carbocycles. The van der Waals surface area contributed by atoms with E-state index in [0.29, 0.717) is 19.6 Å². The van der Waals surface area contributed by atoms with Gasteiger partial charge in [-0.25, -0.2) is 10.2 Å². The molecule has 0 aliphatic carbocycles. The number of amides is 1. The molecule has 0 aromatic heterocycles. The molecule has 92 valence electrons. The third-order valence-electron chi connectivity index (χ3n) is 1.98. The number of hydrogen-bond acceptors (Lipinski definition) is 5. The Morgan fingerprint density at radius 1 is 1.56 bits per heavy atom. The minimum absolute atomic E-state index is 0.185. The van der Waals surface area contributed by atoms with Crippen LogP contribution in [0.3, 0.4) is 0 Å². The molecule has 1 fully saturated rings. The monoisotopic (exact) mass is 230 g/mol. The van der Waals surface area contributed by atoms with Gasteiger partial charge in [0.1, 0.15) is 5.60 Å². The molecule has 0 saturated carbocycles. The largest absolute Gasteiger partial charge is 0.465 e. The van der Waals surface area contributed by atoms with Crippen molar-refractivity contribution >= 4 is 12.1 Å². The normalized spacial score (nSPS) is 20.4. The van der Waals surface area contributed by atoms with Crippen LogP contribution in [0.25, 0.3) is 0 Å². The Balaban J connectivity index is 2.15. The maximum absolute atomic E-state index is 11.2. The van der Waals surface area contributed by atoms with Crippen LogP contribution >= 0.6 is 0 Å². The SMILES string of the molecule is CC(C)(C)OC(=O)NNC[C@@H]1CCOC1=O. The predicted molar refractivity (Wildman–Crippen MR) is 56.4 cm³/mol. The van der Waals surface area contributed by atoms with E-state index in [1.807, 2.05) is 0 Å². The zero-order chi connectivity index (χ0) is 12.2. The van der Waals surface area contributed by atoms with Gasteiger partial charge < -0.3 is 9.47 Å². The summed E-state index contributed by atoms with van der Waals surface area (Å²) in [4.78, 5) is 22.3. The van der Waals surface area contributed by atoms with E-state index < -0.39 is 11.7 Å². The van der Waals surface area contributed by atoms with Crippen molar-refractivity contribution in [2.75, 3.05) is 13.2 Å². The first-order chi connectivity index (χ1) is 7.38. The molecule has 0 aromatic rings. The van der Waals surface area contributed by atoms with E-state index in [1.54, 1.807) is 20.8 Å². The first-order valence-corrected chi connectivity index (χ1v) is 5.27. The summed E-state index contributed by atoms with van der Waals surface area (Å²) < 4.78 is 9.78. The van der Waals surface area contributed by atoms with Crippen molar-refractivity contribution in [3.8, 4) is 0 Å². The van der Waals surface area contributed by atoms with Gasteiger partial charge in [-0.3, -0.25) is 10.2 Å². The number of cyclic esters (lactones) is 1. The van der Waals surface area contributed by atoms with Crippen LogP contribution in [0.1, 0.15) is 27.2 Å². The second-order valence-corrected chi connectivity index (χ2v) is 4.66. The van der Waals surface area contributed by atoms with Crippen LogP contribution in [-0.4, -0.2) is 30.8 Å². The van der Waals surface area contributed by atoms with Crippen LogP contribution in [-0.2, 0) is 14.3 Å². The Labute approximate surface area is 94.6 Å². The van der Waals surface area contributed by atoms with E-state index >= 15 is 0 Å². The predicted octanol–water partition coefficient (Wildman–Crippen LogP) is 0.579. The van der Waals surface area contributed by atoms with E-state index in [9.17, 15) is 9.59 Å². The minimum atomic E-state index is -0.557. The van der Waals surface area contributed by atoms with E-state index in [4.69, 9.17) is 9.47 Å². The molecule has 1 rings (SSSR count). The molecule has 1 saturated heterocycles. The van der Waals surface area contributed by atoms with Crippen LogP contribution in [0.5, 0.6) is 0 Å². The molecule has 0 spiro atoms. The number of hydrogen-bond donors (Lipinski definition) is 2. The van der Waals surface area contributed by atoms with Gasteiger partial charge in [0.05, 0.1) is 12.5 Å². The molecule has 2 N–H and O–H groups in total. The van der Waals surface area contributed by atoms with Crippen molar-refractivity contribution < 1.29 is 19.1 Å². The minimum Gasteiger partial charge on any atom is -0.465 e. The maximum atomic E-state index is 11.2. The molecular formula is C10H18N2O4. The number of hydrazine groups is 1. The van der Waals surface area contributed by atoms with Crippen LogP contribution in [0, 0.1) is 5.92 Å². The molecule has 1 aliphatic heterocycles. The fourth-order valence-electron chi connectivity index (χ4n) is 1.27. The molecule has 1 atom stereocenters. The Bertz CT molecular complexity index is 272. The third kappa shape index (κ3) is 4.48. The molecule has 1 aliphatic rings. The number of ether oxygens (including phenoxy) is 2. The summed E-state index contributed by atoms with van der Waals surface area (Å²) in [6.07, 6.45) is 0.126. The van der Waals surface area contributed by atoms with Gasteiger partial charge in [-0.1, -0.05) is 0 Å². The number of nitrogens with one attached hydrogen (secondary N) is 2. The first kappa shape index (κ1) is 12.8. The zero-order valence-corrected chi connectivity index (χ0v) is 9.83. The topological polar surface area (TPSA) is 76.7 Å². The molecule has 16 heavy (non-hydrogen) atoms. The van der Waals surface area contributed by atoms with E-state index in [1.165, 1.54) is 0 Å². The average molecular weight is 230 g/mol. The van der Waals surface area contributed by atoms with Gasteiger partial charge in [-0.2, -0.15) is 0 Å². The van der Waals surface area contributed by atoms with Crippen molar-refractivity contribution in [2.24, 2.45) is 5.92 Å². The Hall–Kier alpha value is -1.30. The number of rotatable bonds is 3. The lowest BCUT2D eigenvalue weighted by Crippen LogP contribution is -2.43. The Kier molecular flexibility index (Phi) is 4.12. The van der Waals surface area contributed by atoms with Crippen molar-refractivity contribution in [1.29, 1.82) is 0 Å². The lowest BCUT2D eigenvalue weighted by Gasteiger charge is -2.20. The summed E-state index contributed by atoms with van der Waals surface area (Å²) >= 11 is 0. The smallest absolute Gasteiger partial charge is 0.422 e. The maximum Gasteiger partial charge on any atom is 0.422 e. The summed E-state index contributed by atoms with van der Waals surface area (Å²) in [5.74, 6) is -0.409. The van der Waals surface area contributed by atoms with Crippen molar-refractivity contribution in [3.05, 3.63) is 0 Å². The summed E-state index contributed by atoms with van der Waals surface area (Å²) in [5.41, 5.74) is 4.49. The molecule has 0 unspecified atom stereocenters. The Morgan fingerprint density at radius 2 is 2.25 bits per heavy atom. The van der Waals surface area contributed by atoms with Gasteiger partial charge in [0.15, 0.2) is 0 Å². The number of esters is 1. The molecule has 6 heteroatoms. The second kappa shape index (κ2) is 5.16. The van der Waals surface area contributed by atoms with Crippen LogP contribution < -0.4 is 10.9 Å². The standard InChI is InChI=1S/C10H18N2O4/c1-10(2,3)16-9(14)12-11-6-7-4-5-15-8(7)13/h7,11H,4-6H2,1-3H3,(H,12,14)/t7-/m0/s1. The Morgan fingerprint density at radius 3 is 2.75 bits per heavy atom. The summed E-state index contributed by atoms with van der Waals surface area (Å²) in [6, 6.07) is 0.